The van der Waals surface area contributed by atoms with Gasteiger partial charge in [0.15, 0.2) is 5.78 Å². The van der Waals surface area contributed by atoms with Crippen LogP contribution in [0.2, 0.25) is 0 Å². The van der Waals surface area contributed by atoms with Crippen molar-refractivity contribution in [1.29, 1.82) is 0 Å². The molecule has 2 N–H and O–H groups in total. The van der Waals surface area contributed by atoms with Gasteiger partial charge in [-0.1, -0.05) is 117 Å². The summed E-state index contributed by atoms with van der Waals surface area (Å²) in [5.74, 6) is 0.117. The van der Waals surface area contributed by atoms with E-state index in [4.69, 9.17) is 0 Å². The van der Waals surface area contributed by atoms with E-state index in [9.17, 15) is 23.4 Å². The number of fused-ring (bicyclic) bond motifs is 1. The molecule has 0 amide bonds. The van der Waals surface area contributed by atoms with Gasteiger partial charge in [-0.15, -0.1) is 0 Å². The summed E-state index contributed by atoms with van der Waals surface area (Å²) in [7, 11) is -3.64. The van der Waals surface area contributed by atoms with Crippen molar-refractivity contribution in [2.24, 2.45) is 33.5 Å². The molecule has 3 saturated carbocycles. The molecule has 3 fully saturated rings. The number of benzene rings is 3. The van der Waals surface area contributed by atoms with Crippen LogP contribution in [0, 0.1) is 33.5 Å². The van der Waals surface area contributed by atoms with E-state index in [1.807, 2.05) is 72.8 Å². The van der Waals surface area contributed by atoms with Crippen LogP contribution in [0.15, 0.2) is 109 Å². The molecule has 9 rings (SSSR count). The fourth-order valence-electron chi connectivity index (χ4n) is 11.6. The van der Waals surface area contributed by atoms with Crippen LogP contribution < -0.4 is 0 Å². The number of ketones is 1. The number of sulfonamides is 1. The van der Waals surface area contributed by atoms with E-state index in [1.54, 1.807) is 0 Å². The van der Waals surface area contributed by atoms with E-state index in [0.29, 0.717) is 24.8 Å². The molecule has 50 heavy (non-hydrogen) atoms. The molecule has 0 heterocycles. The first-order chi connectivity index (χ1) is 23.7. The summed E-state index contributed by atoms with van der Waals surface area (Å²) in [5.41, 5.74) is 1.39. The number of aliphatic hydroxyl groups is 2. The lowest BCUT2D eigenvalue weighted by Crippen LogP contribution is -2.67. The molecule has 6 nitrogen and oxygen atoms in total. The number of Topliss-reactive ketones (excluding diaryl/α,β-unsaturated/α-hetero) is 1. The molecule has 1 unspecified atom stereocenters. The van der Waals surface area contributed by atoms with Gasteiger partial charge in [-0.05, 0) is 78.9 Å². The Morgan fingerprint density at radius 3 is 2.08 bits per heavy atom. The molecule has 6 aliphatic rings. The van der Waals surface area contributed by atoms with E-state index in [0.717, 1.165) is 47.9 Å². The molecule has 7 heteroatoms. The lowest BCUT2D eigenvalue weighted by Gasteiger charge is -2.71. The number of rotatable bonds is 8. The molecule has 0 aromatic heterocycles. The van der Waals surface area contributed by atoms with Crippen molar-refractivity contribution in [3.63, 3.8) is 0 Å². The largest absolute Gasteiger partial charge is 0.393 e. The van der Waals surface area contributed by atoms with Crippen molar-refractivity contribution in [2.45, 2.75) is 77.0 Å². The first kappa shape index (κ1) is 33.8. The zero-order valence-electron chi connectivity index (χ0n) is 29.4. The standard InChI is InChI=1S/C43H49NO5S/c1-39-21-18-34(45)26-41(39)24-25-43(35(27-41)38(46)33-16-14-32(15-17-33)31-12-8-5-9-13-31)36(39)19-22-40(2)37(43)20-23-42(40,47)29-44(50(3,48)49)28-30-10-6-4-7-11-30/h4-17,24-25,27,34,36-37,45,47H,18-23,26,28-29H2,1-3H3/t34?,36-,37-,39-,40+,41+,42-,43-/m1/s1. The Labute approximate surface area is 297 Å². The second-order valence-corrected chi connectivity index (χ2v) is 18.6. The molecular weight excluding hydrogens is 643 g/mol. The van der Waals surface area contributed by atoms with Crippen molar-refractivity contribution in [2.75, 3.05) is 12.8 Å². The maximum absolute atomic E-state index is 15.0. The van der Waals surface area contributed by atoms with Crippen molar-refractivity contribution in [3.05, 3.63) is 120 Å². The van der Waals surface area contributed by atoms with Crippen LogP contribution >= 0.6 is 0 Å². The van der Waals surface area contributed by atoms with Crippen molar-refractivity contribution >= 4 is 15.8 Å². The van der Waals surface area contributed by atoms with Gasteiger partial charge in [0.2, 0.25) is 10.0 Å². The molecule has 0 saturated heterocycles. The molecular formula is C43H49NO5S. The zero-order chi connectivity index (χ0) is 35.2. The first-order valence-corrected chi connectivity index (χ1v) is 20.1. The summed E-state index contributed by atoms with van der Waals surface area (Å²) in [6.45, 7) is 4.75. The Morgan fingerprint density at radius 1 is 0.800 bits per heavy atom. The van der Waals surface area contributed by atoms with Gasteiger partial charge in [0.25, 0.3) is 0 Å². The Balaban J connectivity index is 1.21. The normalized spacial score (nSPS) is 37.2. The third-order valence-electron chi connectivity index (χ3n) is 14.3. The second-order valence-electron chi connectivity index (χ2n) is 16.6. The maximum Gasteiger partial charge on any atom is 0.211 e. The molecule has 2 bridgehead atoms. The Hall–Kier alpha value is -3.36. The number of nitrogens with zero attached hydrogens (tertiary/aromatic N) is 1. The van der Waals surface area contributed by atoms with E-state index < -0.39 is 38.0 Å². The van der Waals surface area contributed by atoms with Gasteiger partial charge >= 0.3 is 0 Å². The van der Waals surface area contributed by atoms with Crippen LogP contribution in [0.25, 0.3) is 11.1 Å². The fourth-order valence-corrected chi connectivity index (χ4v) is 12.4. The number of allylic oxidation sites excluding steroid dienone is 4. The third-order valence-corrected chi connectivity index (χ3v) is 15.5. The van der Waals surface area contributed by atoms with E-state index in [2.05, 4.69) is 44.2 Å². The van der Waals surface area contributed by atoms with Gasteiger partial charge in [0.05, 0.1) is 18.0 Å². The smallest absolute Gasteiger partial charge is 0.211 e. The average molecular weight is 692 g/mol. The van der Waals surface area contributed by atoms with E-state index in [1.165, 1.54) is 10.6 Å². The highest BCUT2D eigenvalue weighted by atomic mass is 32.2. The molecule has 262 valence electrons. The average Bonchev–Trinajstić information content (AvgIpc) is 3.38. The molecule has 0 radical (unpaired) electrons. The van der Waals surface area contributed by atoms with Gasteiger partial charge in [0.1, 0.15) is 0 Å². The van der Waals surface area contributed by atoms with Crippen molar-refractivity contribution < 1.29 is 23.4 Å². The number of hydrogen-bond donors (Lipinski definition) is 2. The molecule has 3 aromatic carbocycles. The lowest BCUT2D eigenvalue weighted by atomic mass is 9.32. The summed E-state index contributed by atoms with van der Waals surface area (Å²) in [5, 5.41) is 23.8. The summed E-state index contributed by atoms with van der Waals surface area (Å²) in [4.78, 5) is 15.0. The minimum absolute atomic E-state index is 0.0134. The predicted molar refractivity (Wildman–Crippen MR) is 196 cm³/mol. The van der Waals surface area contributed by atoms with Crippen LogP contribution in [0.1, 0.15) is 74.7 Å². The van der Waals surface area contributed by atoms with Crippen LogP contribution in [0.5, 0.6) is 0 Å². The van der Waals surface area contributed by atoms with Crippen LogP contribution in [0.3, 0.4) is 0 Å². The Kier molecular flexibility index (Phi) is 7.82. The number of carbonyl (C=O) groups is 1. The van der Waals surface area contributed by atoms with E-state index in [-0.39, 0.29) is 36.1 Å². The Morgan fingerprint density at radius 2 is 1.40 bits per heavy atom. The number of carbonyl (C=O) groups excluding carboxylic acids is 1. The van der Waals surface area contributed by atoms with Crippen LogP contribution in [0.4, 0.5) is 0 Å². The van der Waals surface area contributed by atoms with Gasteiger partial charge < -0.3 is 10.2 Å². The summed E-state index contributed by atoms with van der Waals surface area (Å²) in [6.07, 6.45) is 12.6. The summed E-state index contributed by atoms with van der Waals surface area (Å²) >= 11 is 0. The quantitative estimate of drug-likeness (QED) is 0.188. The van der Waals surface area contributed by atoms with Gasteiger partial charge in [-0.25, -0.2) is 8.42 Å². The molecule has 3 aromatic rings. The predicted octanol–water partition coefficient (Wildman–Crippen LogP) is 7.59. The molecule has 0 aliphatic heterocycles. The highest BCUT2D eigenvalue weighted by Crippen LogP contribution is 2.78. The summed E-state index contributed by atoms with van der Waals surface area (Å²) in [6, 6.07) is 27.6. The first-order valence-electron chi connectivity index (χ1n) is 18.3. The number of hydrogen-bond acceptors (Lipinski definition) is 5. The van der Waals surface area contributed by atoms with Gasteiger partial charge in [-0.2, -0.15) is 4.31 Å². The molecule has 6 aliphatic carbocycles. The topological polar surface area (TPSA) is 94.9 Å². The van der Waals surface area contributed by atoms with Gasteiger partial charge in [0, 0.05) is 40.5 Å². The minimum Gasteiger partial charge on any atom is -0.393 e. The monoisotopic (exact) mass is 691 g/mol. The Bertz CT molecular complexity index is 1980. The SMILES string of the molecule is C[C@]12CC[C@H]3[C@]4(C=C[C@@]5(C=C4C(=O)c4ccc(-c6ccccc6)cc4)CC(O)CC[C@]35C)[C@@H]1CC[C@@]2(O)CN(Cc1ccccc1)S(C)(=O)=O. The van der Waals surface area contributed by atoms with Gasteiger partial charge in [-0.3, -0.25) is 4.79 Å². The highest BCUT2D eigenvalue weighted by Gasteiger charge is 2.74. The fraction of sp³-hybridized carbons (Fsp3) is 0.465. The summed E-state index contributed by atoms with van der Waals surface area (Å²) < 4.78 is 27.9. The minimum atomic E-state index is -3.64. The van der Waals surface area contributed by atoms with Crippen molar-refractivity contribution in [1.82, 2.24) is 4.31 Å². The second kappa shape index (κ2) is 11.6. The molecule has 2 spiro atoms. The zero-order valence-corrected chi connectivity index (χ0v) is 30.2. The maximum atomic E-state index is 15.0. The van der Waals surface area contributed by atoms with Crippen LogP contribution in [-0.2, 0) is 16.6 Å². The van der Waals surface area contributed by atoms with Crippen LogP contribution in [-0.4, -0.2) is 53.2 Å². The lowest BCUT2D eigenvalue weighted by molar-refractivity contribution is -0.173. The highest BCUT2D eigenvalue weighted by molar-refractivity contribution is 7.88. The molecule has 8 atom stereocenters. The third kappa shape index (κ3) is 4.83. The van der Waals surface area contributed by atoms with E-state index >= 15 is 0 Å². The van der Waals surface area contributed by atoms with Crippen molar-refractivity contribution in [3.8, 4) is 11.1 Å². The number of aliphatic hydroxyl groups excluding tert-OH is 1.